The molecule has 2 nitrogen and oxygen atoms in total. The van der Waals surface area contributed by atoms with Crippen molar-refractivity contribution in [2.75, 3.05) is 13.2 Å². The van der Waals surface area contributed by atoms with E-state index in [-0.39, 0.29) is 5.60 Å². The van der Waals surface area contributed by atoms with Crippen molar-refractivity contribution in [2.24, 2.45) is 5.92 Å². The zero-order valence-electron chi connectivity index (χ0n) is 8.58. The summed E-state index contributed by atoms with van der Waals surface area (Å²) in [6.45, 7) is 1.73. The monoisotopic (exact) mass is 194 g/mol. The third-order valence-electron chi connectivity index (χ3n) is 3.74. The molecule has 0 aromatic carbocycles. The molecule has 14 heavy (non-hydrogen) atoms. The first-order valence-electron chi connectivity index (χ1n) is 5.81. The molecule has 1 aliphatic heterocycles. The smallest absolute Gasteiger partial charge is 0.0873 e. The molecule has 3 aliphatic rings. The summed E-state index contributed by atoms with van der Waals surface area (Å²) in [6, 6.07) is 0. The Labute approximate surface area is 85.3 Å². The van der Waals surface area contributed by atoms with Crippen LogP contribution in [0.3, 0.4) is 0 Å². The van der Waals surface area contributed by atoms with Gasteiger partial charge in [-0.3, -0.25) is 0 Å². The molecular formula is C12H18O2. The molecule has 78 valence electrons. The molecule has 2 heteroatoms. The minimum atomic E-state index is 0.107. The SMILES string of the molecule is C1=CC2(OC3CCCOC3)CCC1C2. The van der Waals surface area contributed by atoms with E-state index >= 15 is 0 Å². The molecule has 0 N–H and O–H groups in total. The summed E-state index contributed by atoms with van der Waals surface area (Å²) in [6.07, 6.45) is 11.1. The van der Waals surface area contributed by atoms with E-state index in [2.05, 4.69) is 12.2 Å². The quantitative estimate of drug-likeness (QED) is 0.628. The van der Waals surface area contributed by atoms with E-state index in [0.717, 1.165) is 25.6 Å². The first kappa shape index (κ1) is 8.93. The van der Waals surface area contributed by atoms with Gasteiger partial charge in [0.2, 0.25) is 0 Å². The van der Waals surface area contributed by atoms with Gasteiger partial charge in [0.05, 0.1) is 18.3 Å². The maximum atomic E-state index is 6.22. The van der Waals surface area contributed by atoms with Gasteiger partial charge < -0.3 is 9.47 Å². The van der Waals surface area contributed by atoms with E-state index in [0.29, 0.717) is 6.10 Å². The summed E-state index contributed by atoms with van der Waals surface area (Å²) in [5.41, 5.74) is 0.107. The average molecular weight is 194 g/mol. The number of fused-ring (bicyclic) bond motifs is 2. The molecular weight excluding hydrogens is 176 g/mol. The Morgan fingerprint density at radius 2 is 2.36 bits per heavy atom. The van der Waals surface area contributed by atoms with Crippen LogP contribution in [-0.2, 0) is 9.47 Å². The topological polar surface area (TPSA) is 18.5 Å². The Balaban J connectivity index is 1.63. The molecule has 0 spiro atoms. The van der Waals surface area contributed by atoms with Crippen molar-refractivity contribution >= 4 is 0 Å². The van der Waals surface area contributed by atoms with E-state index in [4.69, 9.17) is 9.47 Å². The first-order valence-corrected chi connectivity index (χ1v) is 5.81. The van der Waals surface area contributed by atoms with Gasteiger partial charge in [0, 0.05) is 6.61 Å². The summed E-state index contributed by atoms with van der Waals surface area (Å²) in [4.78, 5) is 0. The van der Waals surface area contributed by atoms with Crippen LogP contribution in [0.1, 0.15) is 32.1 Å². The molecule has 0 aromatic heterocycles. The molecule has 2 aliphatic carbocycles. The maximum absolute atomic E-state index is 6.22. The molecule has 0 radical (unpaired) electrons. The Bertz CT molecular complexity index is 243. The second-order valence-corrected chi connectivity index (χ2v) is 4.88. The lowest BCUT2D eigenvalue weighted by molar-refractivity contribution is -0.112. The van der Waals surface area contributed by atoms with Gasteiger partial charge in [0.1, 0.15) is 0 Å². The van der Waals surface area contributed by atoms with E-state index in [1.165, 1.54) is 25.7 Å². The molecule has 3 atom stereocenters. The van der Waals surface area contributed by atoms with Crippen LogP contribution in [0.25, 0.3) is 0 Å². The van der Waals surface area contributed by atoms with Gasteiger partial charge in [-0.25, -0.2) is 0 Å². The molecule has 2 bridgehead atoms. The minimum absolute atomic E-state index is 0.107. The second-order valence-electron chi connectivity index (χ2n) is 4.88. The van der Waals surface area contributed by atoms with Crippen LogP contribution in [-0.4, -0.2) is 24.9 Å². The third kappa shape index (κ3) is 1.51. The molecule has 0 aromatic rings. The van der Waals surface area contributed by atoms with Gasteiger partial charge >= 0.3 is 0 Å². The van der Waals surface area contributed by atoms with Crippen molar-refractivity contribution in [1.29, 1.82) is 0 Å². The molecule has 1 heterocycles. The van der Waals surface area contributed by atoms with Crippen LogP contribution in [0.5, 0.6) is 0 Å². The summed E-state index contributed by atoms with van der Waals surface area (Å²) in [5.74, 6) is 0.805. The van der Waals surface area contributed by atoms with Crippen molar-refractivity contribution in [1.82, 2.24) is 0 Å². The van der Waals surface area contributed by atoms with Crippen molar-refractivity contribution in [2.45, 2.75) is 43.8 Å². The molecule has 0 amide bonds. The predicted octanol–water partition coefficient (Wildman–Crippen LogP) is 2.29. The first-order chi connectivity index (χ1) is 6.86. The Morgan fingerprint density at radius 1 is 1.36 bits per heavy atom. The van der Waals surface area contributed by atoms with Crippen LogP contribution in [0, 0.1) is 5.92 Å². The summed E-state index contributed by atoms with van der Waals surface area (Å²) < 4.78 is 11.7. The standard InChI is InChI=1S/C12H18O2/c1-2-11(9-13-7-1)14-12-5-3-10(8-12)4-6-12/h3,5,10-11H,1-2,4,6-9H2. The number of hydrogen-bond donors (Lipinski definition) is 0. The largest absolute Gasteiger partial charge is 0.379 e. The lowest BCUT2D eigenvalue weighted by atomic mass is 10.0. The van der Waals surface area contributed by atoms with Crippen LogP contribution in [0.15, 0.2) is 12.2 Å². The molecule has 3 rings (SSSR count). The van der Waals surface area contributed by atoms with Crippen molar-refractivity contribution < 1.29 is 9.47 Å². The highest BCUT2D eigenvalue weighted by Gasteiger charge is 2.43. The van der Waals surface area contributed by atoms with Gasteiger partial charge in [-0.05, 0) is 38.0 Å². The summed E-state index contributed by atoms with van der Waals surface area (Å²) in [7, 11) is 0. The number of hydrogen-bond acceptors (Lipinski definition) is 2. The fourth-order valence-electron chi connectivity index (χ4n) is 2.99. The summed E-state index contributed by atoms with van der Waals surface area (Å²) >= 11 is 0. The Morgan fingerprint density at radius 3 is 2.93 bits per heavy atom. The predicted molar refractivity (Wildman–Crippen MR) is 54.1 cm³/mol. The zero-order chi connectivity index (χ0) is 9.43. The van der Waals surface area contributed by atoms with Crippen LogP contribution >= 0.6 is 0 Å². The van der Waals surface area contributed by atoms with Crippen molar-refractivity contribution in [3.63, 3.8) is 0 Å². The fourth-order valence-corrected chi connectivity index (χ4v) is 2.99. The van der Waals surface area contributed by atoms with E-state index in [9.17, 15) is 0 Å². The van der Waals surface area contributed by atoms with Crippen LogP contribution in [0.2, 0.25) is 0 Å². The van der Waals surface area contributed by atoms with Gasteiger partial charge in [0.25, 0.3) is 0 Å². The number of ether oxygens (including phenoxy) is 2. The number of allylic oxidation sites excluding steroid dienone is 1. The van der Waals surface area contributed by atoms with Crippen LogP contribution < -0.4 is 0 Å². The maximum Gasteiger partial charge on any atom is 0.0873 e. The molecule has 2 fully saturated rings. The Kier molecular flexibility index (Phi) is 2.14. The molecule has 3 unspecified atom stereocenters. The molecule has 1 saturated carbocycles. The molecule has 1 saturated heterocycles. The highest BCUT2D eigenvalue weighted by molar-refractivity contribution is 5.18. The Hall–Kier alpha value is -0.340. The van der Waals surface area contributed by atoms with E-state index in [1.54, 1.807) is 0 Å². The normalized spacial score (nSPS) is 46.0. The van der Waals surface area contributed by atoms with E-state index < -0.39 is 0 Å². The van der Waals surface area contributed by atoms with Gasteiger partial charge in [-0.15, -0.1) is 0 Å². The lowest BCUT2D eigenvalue weighted by Crippen LogP contribution is -2.35. The highest BCUT2D eigenvalue weighted by Crippen LogP contribution is 2.45. The van der Waals surface area contributed by atoms with Crippen LogP contribution in [0.4, 0.5) is 0 Å². The van der Waals surface area contributed by atoms with Gasteiger partial charge in [0.15, 0.2) is 0 Å². The fraction of sp³-hybridized carbons (Fsp3) is 0.833. The van der Waals surface area contributed by atoms with Gasteiger partial charge in [-0.1, -0.05) is 12.2 Å². The summed E-state index contributed by atoms with van der Waals surface area (Å²) in [5, 5.41) is 0. The van der Waals surface area contributed by atoms with Crippen molar-refractivity contribution in [3.05, 3.63) is 12.2 Å². The highest BCUT2D eigenvalue weighted by atomic mass is 16.5. The van der Waals surface area contributed by atoms with Crippen molar-refractivity contribution in [3.8, 4) is 0 Å². The van der Waals surface area contributed by atoms with E-state index in [1.807, 2.05) is 0 Å². The number of rotatable bonds is 2. The average Bonchev–Trinajstić information content (AvgIpc) is 2.78. The third-order valence-corrected chi connectivity index (χ3v) is 3.74. The minimum Gasteiger partial charge on any atom is -0.379 e. The second kappa shape index (κ2) is 3.35. The lowest BCUT2D eigenvalue weighted by Gasteiger charge is -2.32. The van der Waals surface area contributed by atoms with Gasteiger partial charge in [-0.2, -0.15) is 0 Å². The zero-order valence-corrected chi connectivity index (χ0v) is 8.58.